The zero-order valence-corrected chi connectivity index (χ0v) is 10.3. The summed E-state index contributed by atoms with van der Waals surface area (Å²) >= 11 is 5.77. The largest absolute Gasteiger partial charge is 0.295 e. The van der Waals surface area contributed by atoms with Crippen LogP contribution in [-0.2, 0) is 9.59 Å². The number of amides is 2. The molecule has 0 bridgehead atoms. The summed E-state index contributed by atoms with van der Waals surface area (Å²) in [5, 5.41) is 3.40. The number of carbonyl (C=O) groups is 2. The standard InChI is InChI=1S/C13H11ClN2O2/c1-2-7-15-11-8-12(17)16(13(11)18)10-5-3-9(14)4-6-10/h1,3-6,11,15H,7-8H2/t11-/m1/s1. The van der Waals surface area contributed by atoms with Crippen molar-refractivity contribution in [2.75, 3.05) is 11.4 Å². The number of terminal acetylenes is 1. The van der Waals surface area contributed by atoms with Crippen LogP contribution in [0.3, 0.4) is 0 Å². The maximum Gasteiger partial charge on any atom is 0.251 e. The number of imide groups is 1. The smallest absolute Gasteiger partial charge is 0.251 e. The van der Waals surface area contributed by atoms with Crippen LogP contribution in [0.25, 0.3) is 0 Å². The van der Waals surface area contributed by atoms with E-state index in [9.17, 15) is 9.59 Å². The Balaban J connectivity index is 2.19. The van der Waals surface area contributed by atoms with Crippen LogP contribution in [-0.4, -0.2) is 24.4 Å². The molecule has 1 aliphatic rings. The first-order valence-electron chi connectivity index (χ1n) is 5.42. The molecule has 1 fully saturated rings. The van der Waals surface area contributed by atoms with Crippen molar-refractivity contribution in [3.8, 4) is 12.3 Å². The van der Waals surface area contributed by atoms with Gasteiger partial charge in [-0.25, -0.2) is 4.90 Å². The van der Waals surface area contributed by atoms with E-state index in [2.05, 4.69) is 11.2 Å². The molecular weight excluding hydrogens is 252 g/mol. The van der Waals surface area contributed by atoms with Crippen LogP contribution in [0.15, 0.2) is 24.3 Å². The first-order valence-corrected chi connectivity index (χ1v) is 5.80. The molecule has 1 aliphatic heterocycles. The number of carbonyl (C=O) groups excluding carboxylic acids is 2. The Hall–Kier alpha value is -1.83. The number of nitrogens with one attached hydrogen (secondary N) is 1. The van der Waals surface area contributed by atoms with Gasteiger partial charge in [0.25, 0.3) is 5.91 Å². The molecule has 0 unspecified atom stereocenters. The van der Waals surface area contributed by atoms with Crippen molar-refractivity contribution in [1.29, 1.82) is 0 Å². The Labute approximate surface area is 110 Å². The van der Waals surface area contributed by atoms with Gasteiger partial charge in [-0.1, -0.05) is 17.5 Å². The van der Waals surface area contributed by atoms with Crippen molar-refractivity contribution < 1.29 is 9.59 Å². The minimum absolute atomic E-state index is 0.128. The van der Waals surface area contributed by atoms with Crippen molar-refractivity contribution in [2.45, 2.75) is 12.5 Å². The molecule has 1 heterocycles. The normalized spacial score (nSPS) is 19.1. The Kier molecular flexibility index (Phi) is 3.66. The van der Waals surface area contributed by atoms with E-state index in [4.69, 9.17) is 18.0 Å². The maximum absolute atomic E-state index is 12.0. The van der Waals surface area contributed by atoms with Gasteiger partial charge in [0.15, 0.2) is 0 Å². The Morgan fingerprint density at radius 3 is 2.67 bits per heavy atom. The highest BCUT2D eigenvalue weighted by Crippen LogP contribution is 2.24. The van der Waals surface area contributed by atoms with Gasteiger partial charge in [0.1, 0.15) is 0 Å². The lowest BCUT2D eigenvalue weighted by molar-refractivity contribution is -0.121. The fourth-order valence-corrected chi connectivity index (χ4v) is 1.96. The maximum atomic E-state index is 12.0. The average molecular weight is 263 g/mol. The molecule has 0 aliphatic carbocycles. The number of benzene rings is 1. The van der Waals surface area contributed by atoms with Gasteiger partial charge in [-0.2, -0.15) is 0 Å². The number of nitrogens with zero attached hydrogens (tertiary/aromatic N) is 1. The van der Waals surface area contributed by atoms with Crippen molar-refractivity contribution in [1.82, 2.24) is 5.32 Å². The molecule has 18 heavy (non-hydrogen) atoms. The van der Waals surface area contributed by atoms with Gasteiger partial charge in [0, 0.05) is 5.02 Å². The fraction of sp³-hybridized carbons (Fsp3) is 0.231. The summed E-state index contributed by atoms with van der Waals surface area (Å²) in [5.74, 6) is 1.86. The predicted octanol–water partition coefficient (Wildman–Crippen LogP) is 1.19. The minimum atomic E-state index is -0.538. The predicted molar refractivity (Wildman–Crippen MR) is 69.2 cm³/mol. The Morgan fingerprint density at radius 2 is 2.06 bits per heavy atom. The lowest BCUT2D eigenvalue weighted by atomic mass is 10.2. The number of hydrogen-bond acceptors (Lipinski definition) is 3. The third kappa shape index (κ3) is 2.37. The summed E-state index contributed by atoms with van der Waals surface area (Å²) in [5.41, 5.74) is 0.527. The summed E-state index contributed by atoms with van der Waals surface area (Å²) in [6.07, 6.45) is 5.24. The van der Waals surface area contributed by atoms with Crippen LogP contribution in [0, 0.1) is 12.3 Å². The molecule has 4 nitrogen and oxygen atoms in total. The second-order valence-electron chi connectivity index (χ2n) is 3.89. The van der Waals surface area contributed by atoms with E-state index < -0.39 is 6.04 Å². The van der Waals surface area contributed by atoms with Crippen LogP contribution < -0.4 is 10.2 Å². The lowest BCUT2D eigenvalue weighted by Crippen LogP contribution is -2.38. The molecule has 1 aromatic carbocycles. The molecule has 1 atom stereocenters. The van der Waals surface area contributed by atoms with Gasteiger partial charge in [0.05, 0.1) is 24.7 Å². The summed E-state index contributed by atoms with van der Waals surface area (Å²) in [7, 11) is 0. The van der Waals surface area contributed by atoms with E-state index in [0.717, 1.165) is 4.90 Å². The van der Waals surface area contributed by atoms with E-state index in [1.165, 1.54) is 0 Å². The van der Waals surface area contributed by atoms with Gasteiger partial charge >= 0.3 is 0 Å². The molecule has 0 radical (unpaired) electrons. The molecule has 92 valence electrons. The highest BCUT2D eigenvalue weighted by Gasteiger charge is 2.38. The zero-order valence-electron chi connectivity index (χ0n) is 9.52. The van der Waals surface area contributed by atoms with Crippen molar-refractivity contribution in [2.24, 2.45) is 0 Å². The quantitative estimate of drug-likeness (QED) is 0.658. The molecule has 1 N–H and O–H groups in total. The highest BCUT2D eigenvalue weighted by atomic mass is 35.5. The van der Waals surface area contributed by atoms with Gasteiger partial charge in [-0.3, -0.25) is 14.9 Å². The van der Waals surface area contributed by atoms with Crippen LogP contribution >= 0.6 is 11.6 Å². The van der Waals surface area contributed by atoms with Crippen molar-refractivity contribution in [3.63, 3.8) is 0 Å². The molecule has 0 spiro atoms. The summed E-state index contributed by atoms with van der Waals surface area (Å²) in [6.45, 7) is 0.262. The summed E-state index contributed by atoms with van der Waals surface area (Å²) < 4.78 is 0. The van der Waals surface area contributed by atoms with Crippen molar-refractivity contribution >= 4 is 29.1 Å². The van der Waals surface area contributed by atoms with Gasteiger partial charge in [-0.15, -0.1) is 6.42 Å². The SMILES string of the molecule is C#CCN[C@@H]1CC(=O)N(c2ccc(Cl)cc2)C1=O. The molecule has 5 heteroatoms. The number of halogens is 1. The molecule has 2 amide bonds. The Morgan fingerprint density at radius 1 is 1.39 bits per heavy atom. The first kappa shape index (κ1) is 12.6. The Bertz CT molecular complexity index is 519. The average Bonchev–Trinajstić information content (AvgIpc) is 2.63. The van der Waals surface area contributed by atoms with E-state index in [0.29, 0.717) is 10.7 Å². The zero-order chi connectivity index (χ0) is 13.1. The molecular formula is C13H11ClN2O2. The fourth-order valence-electron chi connectivity index (χ4n) is 1.83. The van der Waals surface area contributed by atoms with E-state index in [-0.39, 0.29) is 24.8 Å². The second kappa shape index (κ2) is 5.21. The lowest BCUT2D eigenvalue weighted by Gasteiger charge is -2.15. The number of hydrogen-bond donors (Lipinski definition) is 1. The van der Waals surface area contributed by atoms with E-state index >= 15 is 0 Å². The highest BCUT2D eigenvalue weighted by molar-refractivity contribution is 6.30. The number of anilines is 1. The third-order valence-corrected chi connectivity index (χ3v) is 2.93. The first-order chi connectivity index (χ1) is 8.63. The molecule has 0 saturated carbocycles. The molecule has 2 rings (SSSR count). The van der Waals surface area contributed by atoms with Gasteiger partial charge in [0.2, 0.25) is 5.91 Å². The number of rotatable bonds is 3. The monoisotopic (exact) mass is 262 g/mol. The third-order valence-electron chi connectivity index (χ3n) is 2.68. The van der Waals surface area contributed by atoms with Crippen LogP contribution in [0.2, 0.25) is 5.02 Å². The van der Waals surface area contributed by atoms with Crippen LogP contribution in [0.5, 0.6) is 0 Å². The summed E-state index contributed by atoms with van der Waals surface area (Å²) in [6, 6.07) is 6.02. The second-order valence-corrected chi connectivity index (χ2v) is 4.32. The minimum Gasteiger partial charge on any atom is -0.295 e. The van der Waals surface area contributed by atoms with Gasteiger partial charge in [-0.05, 0) is 24.3 Å². The molecule has 1 saturated heterocycles. The molecule has 1 aromatic rings. The van der Waals surface area contributed by atoms with Gasteiger partial charge < -0.3 is 0 Å². The van der Waals surface area contributed by atoms with Crippen molar-refractivity contribution in [3.05, 3.63) is 29.3 Å². The van der Waals surface area contributed by atoms with E-state index in [1.54, 1.807) is 24.3 Å². The van der Waals surface area contributed by atoms with E-state index in [1.807, 2.05) is 0 Å². The topological polar surface area (TPSA) is 49.4 Å². The van der Waals surface area contributed by atoms with Crippen LogP contribution in [0.1, 0.15) is 6.42 Å². The summed E-state index contributed by atoms with van der Waals surface area (Å²) in [4.78, 5) is 25.0. The molecule has 0 aromatic heterocycles. The van der Waals surface area contributed by atoms with Crippen LogP contribution in [0.4, 0.5) is 5.69 Å².